The van der Waals surface area contributed by atoms with Gasteiger partial charge in [0.1, 0.15) is 0 Å². The molecular weight excluding hydrogens is 224 g/mol. The van der Waals surface area contributed by atoms with E-state index < -0.39 is 0 Å². The zero-order valence-electron chi connectivity index (χ0n) is 11.1. The highest BCUT2D eigenvalue weighted by Gasteiger charge is 2.20. The van der Waals surface area contributed by atoms with Gasteiger partial charge in [0.2, 0.25) is 0 Å². The number of carbonyl (C=O) groups excluding carboxylic acids is 1. The van der Waals surface area contributed by atoms with Gasteiger partial charge in [0.25, 0.3) is 0 Å². The molecule has 0 amide bonds. The van der Waals surface area contributed by atoms with Crippen molar-refractivity contribution in [2.75, 3.05) is 19.3 Å². The molecule has 3 nitrogen and oxygen atoms in total. The lowest BCUT2D eigenvalue weighted by molar-refractivity contribution is 0.0899. The Balaban J connectivity index is 1.94. The third kappa shape index (κ3) is 3.33. The fourth-order valence-corrected chi connectivity index (χ4v) is 2.68. The van der Waals surface area contributed by atoms with Gasteiger partial charge in [-0.25, -0.2) is 0 Å². The lowest BCUT2D eigenvalue weighted by Crippen LogP contribution is -2.37. The van der Waals surface area contributed by atoms with Gasteiger partial charge in [0.15, 0.2) is 5.78 Å². The number of benzene rings is 1. The van der Waals surface area contributed by atoms with E-state index in [1.165, 1.54) is 32.1 Å². The molecule has 0 saturated heterocycles. The largest absolute Gasteiger partial charge is 0.399 e. The fourth-order valence-electron chi connectivity index (χ4n) is 2.68. The SMILES string of the molecule is CN(CC(=O)c1cccc(N)c1)C1CCCCC1. The maximum Gasteiger partial charge on any atom is 0.176 e. The van der Waals surface area contributed by atoms with Crippen LogP contribution in [0, 0.1) is 0 Å². The maximum absolute atomic E-state index is 12.2. The number of nitrogen functional groups attached to an aromatic ring is 1. The summed E-state index contributed by atoms with van der Waals surface area (Å²) in [5, 5.41) is 0. The third-order valence-corrected chi connectivity index (χ3v) is 3.80. The van der Waals surface area contributed by atoms with E-state index in [1.807, 2.05) is 18.2 Å². The van der Waals surface area contributed by atoms with Crippen molar-refractivity contribution in [3.8, 4) is 0 Å². The second-order valence-electron chi connectivity index (χ2n) is 5.26. The summed E-state index contributed by atoms with van der Waals surface area (Å²) in [6, 6.07) is 7.82. The minimum Gasteiger partial charge on any atom is -0.399 e. The van der Waals surface area contributed by atoms with Gasteiger partial charge in [-0.3, -0.25) is 9.69 Å². The molecule has 1 aliphatic rings. The molecular formula is C15H22N2O. The number of rotatable bonds is 4. The van der Waals surface area contributed by atoms with Crippen molar-refractivity contribution < 1.29 is 4.79 Å². The molecule has 98 valence electrons. The molecule has 1 fully saturated rings. The van der Waals surface area contributed by atoms with E-state index in [-0.39, 0.29) is 5.78 Å². The lowest BCUT2D eigenvalue weighted by Gasteiger charge is -2.30. The van der Waals surface area contributed by atoms with Gasteiger partial charge in [-0.15, -0.1) is 0 Å². The second-order valence-corrected chi connectivity index (χ2v) is 5.26. The van der Waals surface area contributed by atoms with Crippen LogP contribution in [0.2, 0.25) is 0 Å². The molecule has 0 heterocycles. The van der Waals surface area contributed by atoms with Crippen LogP contribution in [0.1, 0.15) is 42.5 Å². The molecule has 0 unspecified atom stereocenters. The van der Waals surface area contributed by atoms with Crippen LogP contribution in [0.15, 0.2) is 24.3 Å². The number of nitrogens with zero attached hydrogens (tertiary/aromatic N) is 1. The Labute approximate surface area is 109 Å². The van der Waals surface area contributed by atoms with Crippen LogP contribution in [-0.2, 0) is 0 Å². The highest BCUT2D eigenvalue weighted by atomic mass is 16.1. The summed E-state index contributed by atoms with van der Waals surface area (Å²) in [6.45, 7) is 0.494. The highest BCUT2D eigenvalue weighted by Crippen LogP contribution is 2.21. The van der Waals surface area contributed by atoms with Gasteiger partial charge < -0.3 is 5.73 Å². The quantitative estimate of drug-likeness (QED) is 0.656. The first-order valence-corrected chi connectivity index (χ1v) is 6.76. The third-order valence-electron chi connectivity index (χ3n) is 3.80. The molecule has 0 aromatic heterocycles. The van der Waals surface area contributed by atoms with Crippen molar-refractivity contribution in [2.24, 2.45) is 0 Å². The van der Waals surface area contributed by atoms with Crippen LogP contribution in [0.4, 0.5) is 5.69 Å². The summed E-state index contributed by atoms with van der Waals surface area (Å²) in [4.78, 5) is 14.4. The van der Waals surface area contributed by atoms with Crippen LogP contribution in [0.3, 0.4) is 0 Å². The normalized spacial score (nSPS) is 17.0. The van der Waals surface area contributed by atoms with Gasteiger partial charge >= 0.3 is 0 Å². The van der Waals surface area contributed by atoms with Crippen molar-refractivity contribution in [3.05, 3.63) is 29.8 Å². The average Bonchev–Trinajstić information content (AvgIpc) is 2.39. The zero-order valence-corrected chi connectivity index (χ0v) is 11.1. The summed E-state index contributed by atoms with van der Waals surface area (Å²) in [5.74, 6) is 0.162. The summed E-state index contributed by atoms with van der Waals surface area (Å²) in [7, 11) is 2.06. The van der Waals surface area contributed by atoms with Crippen molar-refractivity contribution in [1.29, 1.82) is 0 Å². The van der Waals surface area contributed by atoms with Crippen molar-refractivity contribution in [3.63, 3.8) is 0 Å². The van der Waals surface area contributed by atoms with E-state index >= 15 is 0 Å². The predicted octanol–water partition coefficient (Wildman–Crippen LogP) is 2.72. The van der Waals surface area contributed by atoms with E-state index in [0.717, 1.165) is 5.56 Å². The fraction of sp³-hybridized carbons (Fsp3) is 0.533. The monoisotopic (exact) mass is 246 g/mol. The summed E-state index contributed by atoms with van der Waals surface area (Å²) < 4.78 is 0. The number of hydrogen-bond acceptors (Lipinski definition) is 3. The second kappa shape index (κ2) is 6.01. The molecule has 2 N–H and O–H groups in total. The molecule has 18 heavy (non-hydrogen) atoms. The molecule has 0 aliphatic heterocycles. The van der Waals surface area contributed by atoms with Crippen molar-refractivity contribution in [1.82, 2.24) is 4.90 Å². The van der Waals surface area contributed by atoms with Crippen molar-refractivity contribution in [2.45, 2.75) is 38.1 Å². The van der Waals surface area contributed by atoms with Crippen LogP contribution in [-0.4, -0.2) is 30.3 Å². The van der Waals surface area contributed by atoms with E-state index in [4.69, 9.17) is 5.73 Å². The minimum absolute atomic E-state index is 0.162. The van der Waals surface area contributed by atoms with Crippen LogP contribution in [0.25, 0.3) is 0 Å². The number of likely N-dealkylation sites (N-methyl/N-ethyl adjacent to an activating group) is 1. The van der Waals surface area contributed by atoms with E-state index in [1.54, 1.807) is 6.07 Å². The first-order valence-electron chi connectivity index (χ1n) is 6.76. The molecule has 1 aliphatic carbocycles. The zero-order chi connectivity index (χ0) is 13.0. The van der Waals surface area contributed by atoms with Gasteiger partial charge in [-0.05, 0) is 32.0 Å². The number of hydrogen-bond donors (Lipinski definition) is 1. The number of carbonyl (C=O) groups is 1. The molecule has 0 radical (unpaired) electrons. The highest BCUT2D eigenvalue weighted by molar-refractivity contribution is 5.98. The van der Waals surface area contributed by atoms with Gasteiger partial charge in [0.05, 0.1) is 6.54 Å². The number of nitrogens with two attached hydrogens (primary N) is 1. The van der Waals surface area contributed by atoms with E-state index in [9.17, 15) is 4.79 Å². The Bertz CT molecular complexity index is 411. The number of ketones is 1. The van der Waals surface area contributed by atoms with Crippen molar-refractivity contribution >= 4 is 11.5 Å². The van der Waals surface area contributed by atoms with E-state index in [2.05, 4.69) is 11.9 Å². The number of Topliss-reactive ketones (excluding diaryl/α,β-unsaturated/α-hetero) is 1. The first kappa shape index (κ1) is 13.1. The standard InChI is InChI=1S/C15H22N2O/c1-17(14-8-3-2-4-9-14)11-15(18)12-6-5-7-13(16)10-12/h5-7,10,14H,2-4,8-9,11,16H2,1H3. The smallest absolute Gasteiger partial charge is 0.176 e. The minimum atomic E-state index is 0.162. The van der Waals surface area contributed by atoms with Gasteiger partial charge in [0, 0.05) is 17.3 Å². The predicted molar refractivity (Wildman–Crippen MR) is 74.7 cm³/mol. The molecule has 0 spiro atoms. The first-order chi connectivity index (χ1) is 8.66. The Morgan fingerprint density at radius 1 is 1.33 bits per heavy atom. The van der Waals surface area contributed by atoms with Gasteiger partial charge in [-0.2, -0.15) is 0 Å². The van der Waals surface area contributed by atoms with Crippen LogP contribution in [0.5, 0.6) is 0 Å². The molecule has 2 rings (SSSR count). The summed E-state index contributed by atoms with van der Waals surface area (Å²) in [5.41, 5.74) is 7.08. The molecule has 0 atom stereocenters. The van der Waals surface area contributed by atoms with Gasteiger partial charge in [-0.1, -0.05) is 31.4 Å². The summed E-state index contributed by atoms with van der Waals surface area (Å²) in [6.07, 6.45) is 6.37. The Morgan fingerprint density at radius 2 is 2.06 bits per heavy atom. The Hall–Kier alpha value is -1.35. The number of anilines is 1. The molecule has 0 bridgehead atoms. The topological polar surface area (TPSA) is 46.3 Å². The average molecular weight is 246 g/mol. The van der Waals surface area contributed by atoms with E-state index in [0.29, 0.717) is 18.3 Å². The molecule has 1 aromatic carbocycles. The molecule has 1 aromatic rings. The Kier molecular flexibility index (Phi) is 4.37. The maximum atomic E-state index is 12.2. The molecule has 1 saturated carbocycles. The lowest BCUT2D eigenvalue weighted by atomic mass is 9.94. The van der Waals surface area contributed by atoms with Crippen LogP contribution >= 0.6 is 0 Å². The summed E-state index contributed by atoms with van der Waals surface area (Å²) >= 11 is 0. The van der Waals surface area contributed by atoms with Crippen LogP contribution < -0.4 is 5.73 Å². The Morgan fingerprint density at radius 3 is 2.72 bits per heavy atom. The molecule has 3 heteroatoms.